The molecule has 2 N–H and O–H groups in total. The minimum absolute atomic E-state index is 0.0695. The van der Waals surface area contributed by atoms with E-state index in [0.717, 1.165) is 11.8 Å². The van der Waals surface area contributed by atoms with Crippen LogP contribution in [0, 0.1) is 0 Å². The second-order valence-corrected chi connectivity index (χ2v) is 8.57. The quantitative estimate of drug-likeness (QED) is 0.264. The van der Waals surface area contributed by atoms with Gasteiger partial charge in [-0.2, -0.15) is 0 Å². The van der Waals surface area contributed by atoms with Crippen LogP contribution < -0.4 is 16.4 Å². The summed E-state index contributed by atoms with van der Waals surface area (Å²) in [4.78, 5) is 42.5. The van der Waals surface area contributed by atoms with Crippen LogP contribution in [0.4, 0.5) is 0 Å². The number of carbonyl (C=O) groups is 2. The molecule has 0 unspecified atom stereocenters. The number of halogens is 1. The third kappa shape index (κ3) is 4.63. The summed E-state index contributed by atoms with van der Waals surface area (Å²) >= 11 is 8.66. The van der Waals surface area contributed by atoms with Gasteiger partial charge in [0.2, 0.25) is 5.91 Å². The van der Waals surface area contributed by atoms with E-state index in [1.165, 1.54) is 15.9 Å². The Hall–Kier alpha value is -3.14. The number of para-hydroxylation sites is 2. The van der Waals surface area contributed by atoms with Gasteiger partial charge < -0.3 is 0 Å². The maximum atomic E-state index is 13.2. The van der Waals surface area contributed by atoms with Crippen LogP contribution >= 0.6 is 34.7 Å². The van der Waals surface area contributed by atoms with Gasteiger partial charge in [-0.15, -0.1) is 11.3 Å². The topological polar surface area (TPSA) is 93.1 Å². The second-order valence-electron chi connectivity index (χ2n) is 6.27. The molecule has 0 aliphatic rings. The van der Waals surface area contributed by atoms with Crippen LogP contribution in [0.2, 0.25) is 5.02 Å². The fourth-order valence-corrected chi connectivity index (χ4v) is 4.46. The molecule has 0 aliphatic carbocycles. The van der Waals surface area contributed by atoms with Crippen LogP contribution in [0.25, 0.3) is 16.6 Å². The van der Waals surface area contributed by atoms with Crippen molar-refractivity contribution in [2.24, 2.45) is 0 Å². The smallest absolute Gasteiger partial charge is 0.272 e. The third-order valence-corrected chi connectivity index (χ3v) is 6.36. The third-order valence-electron chi connectivity index (χ3n) is 4.23. The van der Waals surface area contributed by atoms with Crippen LogP contribution in [0.5, 0.6) is 0 Å². The summed E-state index contributed by atoms with van der Waals surface area (Å²) in [6.45, 7) is 0. The largest absolute Gasteiger partial charge is 0.279 e. The predicted octanol–water partition coefficient (Wildman–Crippen LogP) is 3.65. The van der Waals surface area contributed by atoms with Crippen molar-refractivity contribution in [2.45, 2.75) is 5.16 Å². The fraction of sp³-hybridized carbons (Fsp3) is 0.0476. The SMILES string of the molecule is O=C(CSc1nc2ccccc2c(=O)n1-c1ccccc1Cl)NNC(=O)c1cccs1. The van der Waals surface area contributed by atoms with Crippen molar-refractivity contribution in [3.05, 3.63) is 86.3 Å². The number of thioether (sulfide) groups is 1. The zero-order valence-electron chi connectivity index (χ0n) is 15.9. The number of hydrogen-bond acceptors (Lipinski definition) is 6. The summed E-state index contributed by atoms with van der Waals surface area (Å²) in [7, 11) is 0. The van der Waals surface area contributed by atoms with Crippen LogP contribution in [0.3, 0.4) is 0 Å². The molecule has 0 saturated carbocycles. The number of hydrogen-bond donors (Lipinski definition) is 2. The maximum Gasteiger partial charge on any atom is 0.279 e. The zero-order valence-corrected chi connectivity index (χ0v) is 18.3. The monoisotopic (exact) mass is 470 g/mol. The molecule has 2 amide bonds. The molecule has 4 rings (SSSR count). The van der Waals surface area contributed by atoms with Crippen molar-refractivity contribution in [1.82, 2.24) is 20.4 Å². The number of thiophene rings is 1. The molecule has 10 heteroatoms. The van der Waals surface area contributed by atoms with E-state index in [1.54, 1.807) is 66.0 Å². The van der Waals surface area contributed by atoms with Gasteiger partial charge in [-0.3, -0.25) is 29.8 Å². The van der Waals surface area contributed by atoms with E-state index in [9.17, 15) is 14.4 Å². The first-order chi connectivity index (χ1) is 15.0. The van der Waals surface area contributed by atoms with E-state index >= 15 is 0 Å². The number of nitrogens with zero attached hydrogens (tertiary/aromatic N) is 2. The lowest BCUT2D eigenvalue weighted by molar-refractivity contribution is -0.119. The summed E-state index contributed by atoms with van der Waals surface area (Å²) in [6.07, 6.45) is 0. The number of rotatable bonds is 5. The number of hydrazine groups is 1. The Morgan fingerprint density at radius 1 is 1.03 bits per heavy atom. The highest BCUT2D eigenvalue weighted by Crippen LogP contribution is 2.25. The van der Waals surface area contributed by atoms with E-state index in [4.69, 9.17) is 11.6 Å². The van der Waals surface area contributed by atoms with Crippen molar-refractivity contribution in [1.29, 1.82) is 0 Å². The molecule has 0 radical (unpaired) electrons. The summed E-state index contributed by atoms with van der Waals surface area (Å²) in [5, 5.41) is 2.92. The summed E-state index contributed by atoms with van der Waals surface area (Å²) in [5.74, 6) is -0.909. The number of carbonyl (C=O) groups excluding carboxylic acids is 2. The first-order valence-electron chi connectivity index (χ1n) is 9.07. The molecular weight excluding hydrogens is 456 g/mol. The zero-order chi connectivity index (χ0) is 21.8. The van der Waals surface area contributed by atoms with E-state index in [1.807, 2.05) is 0 Å². The summed E-state index contributed by atoms with van der Waals surface area (Å²) in [5.41, 5.74) is 5.44. The lowest BCUT2D eigenvalue weighted by Gasteiger charge is -2.14. The average molecular weight is 471 g/mol. The Bertz CT molecular complexity index is 1320. The van der Waals surface area contributed by atoms with Gasteiger partial charge in [0, 0.05) is 0 Å². The maximum absolute atomic E-state index is 13.2. The van der Waals surface area contributed by atoms with Gasteiger partial charge in [0.25, 0.3) is 11.5 Å². The summed E-state index contributed by atoms with van der Waals surface area (Å²) in [6, 6.07) is 17.3. The molecule has 2 aromatic heterocycles. The Labute approximate surface area is 190 Å². The van der Waals surface area contributed by atoms with Gasteiger partial charge >= 0.3 is 0 Å². The van der Waals surface area contributed by atoms with Crippen LogP contribution in [0.1, 0.15) is 9.67 Å². The molecule has 2 heterocycles. The van der Waals surface area contributed by atoms with Crippen molar-refractivity contribution < 1.29 is 9.59 Å². The van der Waals surface area contributed by atoms with Gasteiger partial charge in [0.15, 0.2) is 5.16 Å². The average Bonchev–Trinajstić information content (AvgIpc) is 3.32. The minimum Gasteiger partial charge on any atom is -0.272 e. The second kappa shape index (κ2) is 9.34. The molecule has 0 fully saturated rings. The lowest BCUT2D eigenvalue weighted by atomic mass is 10.2. The number of amides is 2. The van der Waals surface area contributed by atoms with E-state index < -0.39 is 11.8 Å². The first-order valence-corrected chi connectivity index (χ1v) is 11.3. The molecule has 4 aromatic rings. The Balaban J connectivity index is 1.59. The molecule has 0 saturated heterocycles. The Morgan fingerprint density at radius 2 is 1.81 bits per heavy atom. The number of aromatic nitrogens is 2. The van der Waals surface area contributed by atoms with Crippen molar-refractivity contribution in [3.63, 3.8) is 0 Å². The number of nitrogens with one attached hydrogen (secondary N) is 2. The van der Waals surface area contributed by atoms with Gasteiger partial charge in [-0.05, 0) is 35.7 Å². The minimum atomic E-state index is -0.442. The molecule has 31 heavy (non-hydrogen) atoms. The predicted molar refractivity (Wildman–Crippen MR) is 123 cm³/mol. The highest BCUT2D eigenvalue weighted by molar-refractivity contribution is 7.99. The summed E-state index contributed by atoms with van der Waals surface area (Å²) < 4.78 is 1.40. The molecule has 2 aromatic carbocycles. The van der Waals surface area contributed by atoms with Crippen LogP contribution in [-0.2, 0) is 4.79 Å². The van der Waals surface area contributed by atoms with Gasteiger partial charge in [-0.1, -0.05) is 53.7 Å². The lowest BCUT2D eigenvalue weighted by Crippen LogP contribution is -2.42. The van der Waals surface area contributed by atoms with Crippen molar-refractivity contribution >= 4 is 57.4 Å². The fourth-order valence-electron chi connectivity index (χ4n) is 2.82. The molecule has 0 atom stereocenters. The van der Waals surface area contributed by atoms with E-state index in [2.05, 4.69) is 15.8 Å². The molecule has 0 aliphatic heterocycles. The van der Waals surface area contributed by atoms with Gasteiger partial charge in [-0.25, -0.2) is 4.98 Å². The normalized spacial score (nSPS) is 10.7. The van der Waals surface area contributed by atoms with Crippen molar-refractivity contribution in [2.75, 3.05) is 5.75 Å². The molecule has 156 valence electrons. The highest BCUT2D eigenvalue weighted by Gasteiger charge is 2.17. The molecule has 7 nitrogen and oxygen atoms in total. The standard InChI is InChI=1S/C21H15ClN4O3S2/c22-14-7-2-4-9-16(14)26-20(29)13-6-1-3-8-15(13)23-21(26)31-12-18(27)24-25-19(28)17-10-5-11-30-17/h1-11H,12H2,(H,24,27)(H,25,28). The van der Waals surface area contributed by atoms with E-state index in [-0.39, 0.29) is 11.3 Å². The van der Waals surface area contributed by atoms with Crippen molar-refractivity contribution in [3.8, 4) is 5.69 Å². The first kappa shape index (κ1) is 21.1. The molecule has 0 spiro atoms. The number of benzene rings is 2. The highest BCUT2D eigenvalue weighted by atomic mass is 35.5. The van der Waals surface area contributed by atoms with Gasteiger partial charge in [0.05, 0.1) is 32.2 Å². The Morgan fingerprint density at radius 3 is 2.58 bits per heavy atom. The molecular formula is C21H15ClN4O3S2. The van der Waals surface area contributed by atoms with Gasteiger partial charge in [0.1, 0.15) is 0 Å². The Kier molecular flexibility index (Phi) is 6.36. The van der Waals surface area contributed by atoms with Crippen LogP contribution in [0.15, 0.2) is 76.0 Å². The molecule has 0 bridgehead atoms. The van der Waals surface area contributed by atoms with Crippen LogP contribution in [-0.4, -0.2) is 27.1 Å². The number of fused-ring (bicyclic) bond motifs is 1. The van der Waals surface area contributed by atoms with E-state index in [0.29, 0.717) is 31.6 Å².